The van der Waals surface area contributed by atoms with E-state index in [4.69, 9.17) is 11.6 Å². The zero-order chi connectivity index (χ0) is 19.6. The van der Waals surface area contributed by atoms with Gasteiger partial charge in [-0.2, -0.15) is 0 Å². The largest absolute Gasteiger partial charge is 0.352 e. The summed E-state index contributed by atoms with van der Waals surface area (Å²) in [6.07, 6.45) is 2.64. The van der Waals surface area contributed by atoms with E-state index in [0.717, 1.165) is 17.7 Å². The van der Waals surface area contributed by atoms with Gasteiger partial charge in [-0.15, -0.1) is 0 Å². The molecule has 1 heterocycles. The summed E-state index contributed by atoms with van der Waals surface area (Å²) >= 11 is 5.93. The van der Waals surface area contributed by atoms with Crippen molar-refractivity contribution < 1.29 is 18.0 Å². The molecule has 0 aliphatic heterocycles. The maximum Gasteiger partial charge on any atom is 0.257 e. The van der Waals surface area contributed by atoms with Crippen LogP contribution in [0.25, 0.3) is 0 Å². The standard InChI is InChI=1S/C19H13ClF3N3O/c1-10-2-3-12(20)7-16(10)26-19(27)11-6-13(9-24-8-11)25-15-5-4-14(21)17(22)18(15)23/h2-9,25H,1H3,(H,26,27). The van der Waals surface area contributed by atoms with Gasteiger partial charge in [0, 0.05) is 16.9 Å². The third-order valence-corrected chi connectivity index (χ3v) is 4.00. The van der Waals surface area contributed by atoms with E-state index in [-0.39, 0.29) is 16.9 Å². The van der Waals surface area contributed by atoms with Gasteiger partial charge in [0.2, 0.25) is 0 Å². The number of amides is 1. The average molecular weight is 392 g/mol. The number of halogens is 4. The SMILES string of the molecule is Cc1ccc(Cl)cc1NC(=O)c1cncc(Nc2ccc(F)c(F)c2F)c1. The number of hydrogen-bond donors (Lipinski definition) is 2. The third kappa shape index (κ3) is 4.20. The van der Waals surface area contributed by atoms with Crippen LogP contribution in [0.5, 0.6) is 0 Å². The Hall–Kier alpha value is -3.06. The van der Waals surface area contributed by atoms with Crippen LogP contribution in [-0.2, 0) is 0 Å². The van der Waals surface area contributed by atoms with E-state index in [1.807, 2.05) is 6.92 Å². The van der Waals surface area contributed by atoms with Crippen molar-refractivity contribution in [3.63, 3.8) is 0 Å². The smallest absolute Gasteiger partial charge is 0.257 e. The average Bonchev–Trinajstić information content (AvgIpc) is 2.65. The van der Waals surface area contributed by atoms with Crippen molar-refractivity contribution in [2.75, 3.05) is 10.6 Å². The van der Waals surface area contributed by atoms with Crippen molar-refractivity contribution in [1.29, 1.82) is 0 Å². The highest BCUT2D eigenvalue weighted by Crippen LogP contribution is 2.24. The summed E-state index contributed by atoms with van der Waals surface area (Å²) in [5.74, 6) is -4.69. The Kier molecular flexibility index (Phi) is 5.32. The fourth-order valence-electron chi connectivity index (χ4n) is 2.33. The molecule has 8 heteroatoms. The minimum absolute atomic E-state index is 0.183. The first-order valence-corrected chi connectivity index (χ1v) is 8.16. The first-order valence-electron chi connectivity index (χ1n) is 7.78. The lowest BCUT2D eigenvalue weighted by Crippen LogP contribution is -2.13. The molecule has 2 aromatic carbocycles. The number of aryl methyl sites for hydroxylation is 1. The van der Waals surface area contributed by atoms with Crippen molar-refractivity contribution >= 4 is 34.6 Å². The predicted molar refractivity (Wildman–Crippen MR) is 98.0 cm³/mol. The first-order chi connectivity index (χ1) is 12.8. The van der Waals surface area contributed by atoms with Gasteiger partial charge in [-0.05, 0) is 42.8 Å². The number of carbonyl (C=O) groups excluding carboxylic acids is 1. The third-order valence-electron chi connectivity index (χ3n) is 3.76. The second kappa shape index (κ2) is 7.67. The molecule has 0 bridgehead atoms. The lowest BCUT2D eigenvalue weighted by Gasteiger charge is -2.11. The lowest BCUT2D eigenvalue weighted by atomic mass is 10.2. The van der Waals surface area contributed by atoms with E-state index in [1.54, 1.807) is 18.2 Å². The summed E-state index contributed by atoms with van der Waals surface area (Å²) in [4.78, 5) is 16.4. The summed E-state index contributed by atoms with van der Waals surface area (Å²) in [5.41, 5.74) is 1.49. The molecule has 0 fully saturated rings. The molecule has 1 aromatic heterocycles. The zero-order valence-electron chi connectivity index (χ0n) is 14.0. The molecule has 27 heavy (non-hydrogen) atoms. The van der Waals surface area contributed by atoms with Crippen LogP contribution in [-0.4, -0.2) is 10.9 Å². The summed E-state index contributed by atoms with van der Waals surface area (Å²) < 4.78 is 40.1. The van der Waals surface area contributed by atoms with Crippen molar-refractivity contribution in [2.24, 2.45) is 0 Å². The molecule has 0 spiro atoms. The van der Waals surface area contributed by atoms with E-state index >= 15 is 0 Å². The van der Waals surface area contributed by atoms with Crippen molar-refractivity contribution in [1.82, 2.24) is 4.98 Å². The molecule has 2 N–H and O–H groups in total. The van der Waals surface area contributed by atoms with E-state index < -0.39 is 23.4 Å². The molecule has 0 saturated heterocycles. The van der Waals surface area contributed by atoms with Crippen LogP contribution < -0.4 is 10.6 Å². The molecular formula is C19H13ClF3N3O. The predicted octanol–water partition coefficient (Wildman–Crippen LogP) is 5.46. The number of benzene rings is 2. The quantitative estimate of drug-likeness (QED) is 0.581. The van der Waals surface area contributed by atoms with Gasteiger partial charge in [-0.3, -0.25) is 9.78 Å². The van der Waals surface area contributed by atoms with Gasteiger partial charge in [0.05, 0.1) is 23.1 Å². The summed E-state index contributed by atoms with van der Waals surface area (Å²) in [6, 6.07) is 8.33. The van der Waals surface area contributed by atoms with Gasteiger partial charge in [-0.1, -0.05) is 17.7 Å². The van der Waals surface area contributed by atoms with Crippen LogP contribution in [0.2, 0.25) is 5.02 Å². The number of carbonyl (C=O) groups is 1. The highest BCUT2D eigenvalue weighted by molar-refractivity contribution is 6.31. The summed E-state index contributed by atoms with van der Waals surface area (Å²) in [6.45, 7) is 1.81. The van der Waals surface area contributed by atoms with E-state index in [1.165, 1.54) is 18.5 Å². The van der Waals surface area contributed by atoms with Crippen LogP contribution in [0.3, 0.4) is 0 Å². The lowest BCUT2D eigenvalue weighted by molar-refractivity contribution is 0.102. The normalized spacial score (nSPS) is 10.6. The molecule has 0 radical (unpaired) electrons. The van der Waals surface area contributed by atoms with Gasteiger partial charge in [-0.25, -0.2) is 13.2 Å². The zero-order valence-corrected chi connectivity index (χ0v) is 14.7. The summed E-state index contributed by atoms with van der Waals surface area (Å²) in [7, 11) is 0. The minimum Gasteiger partial charge on any atom is -0.352 e. The molecule has 3 aromatic rings. The Labute approximate surface area is 158 Å². The number of aromatic nitrogens is 1. The van der Waals surface area contributed by atoms with E-state index in [9.17, 15) is 18.0 Å². The Morgan fingerprint density at radius 2 is 1.78 bits per heavy atom. The van der Waals surface area contributed by atoms with Crippen LogP contribution in [0.15, 0.2) is 48.8 Å². The molecule has 0 atom stereocenters. The Balaban J connectivity index is 1.82. The van der Waals surface area contributed by atoms with Crippen LogP contribution in [0.4, 0.5) is 30.2 Å². The van der Waals surface area contributed by atoms with Crippen LogP contribution >= 0.6 is 11.6 Å². The fraction of sp³-hybridized carbons (Fsp3) is 0.0526. The number of pyridine rings is 1. The molecule has 1 amide bonds. The first kappa shape index (κ1) is 18.7. The van der Waals surface area contributed by atoms with Gasteiger partial charge >= 0.3 is 0 Å². The second-order valence-corrected chi connectivity index (χ2v) is 6.16. The van der Waals surface area contributed by atoms with E-state index in [2.05, 4.69) is 15.6 Å². The maximum atomic E-state index is 13.8. The highest BCUT2D eigenvalue weighted by Gasteiger charge is 2.14. The van der Waals surface area contributed by atoms with Crippen molar-refractivity contribution in [3.8, 4) is 0 Å². The van der Waals surface area contributed by atoms with Crippen molar-refractivity contribution in [3.05, 3.63) is 82.4 Å². The monoisotopic (exact) mass is 391 g/mol. The number of hydrogen-bond acceptors (Lipinski definition) is 3. The fourth-order valence-corrected chi connectivity index (χ4v) is 2.51. The molecule has 4 nitrogen and oxygen atoms in total. The number of nitrogens with zero attached hydrogens (tertiary/aromatic N) is 1. The molecular weight excluding hydrogens is 379 g/mol. The Bertz CT molecular complexity index is 1030. The van der Waals surface area contributed by atoms with Gasteiger partial charge < -0.3 is 10.6 Å². The van der Waals surface area contributed by atoms with Crippen LogP contribution in [0, 0.1) is 24.4 Å². The number of nitrogens with one attached hydrogen (secondary N) is 2. The molecule has 0 aliphatic rings. The molecule has 0 aliphatic carbocycles. The minimum atomic E-state index is -1.58. The second-order valence-electron chi connectivity index (χ2n) is 5.72. The Morgan fingerprint density at radius 1 is 1.00 bits per heavy atom. The molecule has 3 rings (SSSR count). The van der Waals surface area contributed by atoms with Gasteiger partial charge in [0.25, 0.3) is 5.91 Å². The van der Waals surface area contributed by atoms with Gasteiger partial charge in [0.1, 0.15) is 0 Å². The number of anilines is 3. The molecule has 0 saturated carbocycles. The van der Waals surface area contributed by atoms with Crippen molar-refractivity contribution in [2.45, 2.75) is 6.92 Å². The number of rotatable bonds is 4. The van der Waals surface area contributed by atoms with Crippen LogP contribution in [0.1, 0.15) is 15.9 Å². The Morgan fingerprint density at radius 3 is 2.56 bits per heavy atom. The molecule has 138 valence electrons. The van der Waals surface area contributed by atoms with Gasteiger partial charge in [0.15, 0.2) is 17.5 Å². The molecule has 0 unspecified atom stereocenters. The topological polar surface area (TPSA) is 54.0 Å². The van der Waals surface area contributed by atoms with E-state index in [0.29, 0.717) is 10.7 Å². The maximum absolute atomic E-state index is 13.8. The summed E-state index contributed by atoms with van der Waals surface area (Å²) in [5, 5.41) is 5.76. The highest BCUT2D eigenvalue weighted by atomic mass is 35.5.